The monoisotopic (exact) mass is 371 g/mol. The summed E-state index contributed by atoms with van der Waals surface area (Å²) in [5.74, 6) is -0.0208. The van der Waals surface area contributed by atoms with Crippen molar-refractivity contribution in [1.82, 2.24) is 5.32 Å². The molecular weight excluding hydrogens is 342 g/mol. The van der Waals surface area contributed by atoms with Gasteiger partial charge in [0.25, 0.3) is 0 Å². The highest BCUT2D eigenvalue weighted by Gasteiger charge is 2.61. The fourth-order valence-corrected chi connectivity index (χ4v) is 3.59. The molecule has 1 aliphatic heterocycles. The summed E-state index contributed by atoms with van der Waals surface area (Å²) in [6.07, 6.45) is 2.02. The number of rotatable bonds is 4. The molecule has 1 heterocycles. The van der Waals surface area contributed by atoms with Crippen molar-refractivity contribution in [1.29, 1.82) is 0 Å². The molecule has 0 bridgehead atoms. The van der Waals surface area contributed by atoms with E-state index in [9.17, 15) is 9.59 Å². The third kappa shape index (κ3) is 4.31. The fraction of sp³-hybridized carbons (Fsp3) is 0.571. The lowest BCUT2D eigenvalue weighted by Crippen LogP contribution is -2.49. The fourth-order valence-electron chi connectivity index (χ4n) is 3.59. The molecule has 3 N–H and O–H groups in total. The first-order chi connectivity index (χ1) is 12.6. The van der Waals surface area contributed by atoms with Crippen molar-refractivity contribution in [2.24, 2.45) is 16.6 Å². The molecule has 0 radical (unpaired) electrons. The Hall–Kier alpha value is -2.37. The van der Waals surface area contributed by atoms with Crippen LogP contribution in [0.2, 0.25) is 0 Å². The number of carbonyl (C=O) groups is 2. The second-order valence-corrected chi connectivity index (χ2v) is 8.77. The van der Waals surface area contributed by atoms with Gasteiger partial charge in [-0.05, 0) is 57.1 Å². The topological polar surface area (TPSA) is 93.8 Å². The number of amides is 2. The number of nitrogens with one attached hydrogen (secondary N) is 1. The standard InChI is InChI=1S/C21H29N3O3/c1-13-5-10-17(23-12-13)15-8-6-14(7-9-15)16-11-21(16,18(22)25)24-19(26)27-20(2,3)4/h6-9,13,16H,5,10-12H2,1-4H3,(H2,22,25)(H,24,26)/t13?,16-,21+/m1/s1. The molecule has 6 heteroatoms. The van der Waals surface area contributed by atoms with Gasteiger partial charge in [-0.2, -0.15) is 0 Å². The third-order valence-electron chi connectivity index (χ3n) is 5.24. The zero-order valence-corrected chi connectivity index (χ0v) is 16.5. The molecule has 1 saturated carbocycles. The maximum absolute atomic E-state index is 12.1. The largest absolute Gasteiger partial charge is 0.444 e. The van der Waals surface area contributed by atoms with Crippen LogP contribution in [0.25, 0.3) is 0 Å². The molecule has 27 heavy (non-hydrogen) atoms. The summed E-state index contributed by atoms with van der Waals surface area (Å²) in [6.45, 7) is 8.44. The highest BCUT2D eigenvalue weighted by atomic mass is 16.6. The van der Waals surface area contributed by atoms with Crippen LogP contribution in [0.3, 0.4) is 0 Å². The number of ether oxygens (including phenoxy) is 1. The van der Waals surface area contributed by atoms with Gasteiger partial charge >= 0.3 is 6.09 Å². The van der Waals surface area contributed by atoms with Gasteiger partial charge < -0.3 is 15.8 Å². The SMILES string of the molecule is CC1CCC(c2ccc([C@H]3C[C@@]3(NC(=O)OC(C)(C)C)C(N)=O)cc2)=NC1. The molecular formula is C21H29N3O3. The summed E-state index contributed by atoms with van der Waals surface area (Å²) < 4.78 is 5.28. The maximum atomic E-state index is 12.1. The summed E-state index contributed by atoms with van der Waals surface area (Å²) in [5, 5.41) is 2.70. The van der Waals surface area contributed by atoms with Crippen molar-refractivity contribution < 1.29 is 14.3 Å². The van der Waals surface area contributed by atoms with E-state index < -0.39 is 23.1 Å². The van der Waals surface area contributed by atoms with Gasteiger partial charge in [-0.3, -0.25) is 9.79 Å². The molecule has 0 spiro atoms. The molecule has 2 aliphatic rings. The van der Waals surface area contributed by atoms with Gasteiger partial charge in [0, 0.05) is 18.2 Å². The van der Waals surface area contributed by atoms with Crippen LogP contribution in [0, 0.1) is 5.92 Å². The summed E-state index contributed by atoms with van der Waals surface area (Å²) in [5.41, 5.74) is 7.15. The molecule has 2 amide bonds. The van der Waals surface area contributed by atoms with Crippen LogP contribution in [-0.2, 0) is 9.53 Å². The van der Waals surface area contributed by atoms with Crippen LogP contribution < -0.4 is 11.1 Å². The highest BCUT2D eigenvalue weighted by molar-refractivity contribution is 6.01. The van der Waals surface area contributed by atoms with Crippen LogP contribution in [0.15, 0.2) is 29.3 Å². The summed E-state index contributed by atoms with van der Waals surface area (Å²) in [7, 11) is 0. The number of aliphatic imine (C=N–C) groups is 1. The molecule has 1 aliphatic carbocycles. The molecule has 1 aromatic rings. The molecule has 1 unspecified atom stereocenters. The van der Waals surface area contributed by atoms with Crippen molar-refractivity contribution in [3.63, 3.8) is 0 Å². The minimum absolute atomic E-state index is 0.134. The number of primary amides is 1. The summed E-state index contributed by atoms with van der Waals surface area (Å²) in [6, 6.07) is 8.09. The van der Waals surface area contributed by atoms with E-state index in [1.165, 1.54) is 0 Å². The number of nitrogens with two attached hydrogens (primary N) is 1. The second kappa shape index (κ2) is 6.98. The predicted molar refractivity (Wildman–Crippen MR) is 105 cm³/mol. The lowest BCUT2D eigenvalue weighted by atomic mass is 9.94. The average molecular weight is 371 g/mol. The summed E-state index contributed by atoms with van der Waals surface area (Å²) in [4.78, 5) is 28.8. The zero-order chi connectivity index (χ0) is 19.8. The van der Waals surface area contributed by atoms with E-state index in [0.29, 0.717) is 12.3 Å². The number of carbonyl (C=O) groups excluding carboxylic acids is 2. The van der Waals surface area contributed by atoms with Crippen molar-refractivity contribution in [2.45, 2.75) is 64.0 Å². The first-order valence-corrected chi connectivity index (χ1v) is 9.55. The zero-order valence-electron chi connectivity index (χ0n) is 16.5. The third-order valence-corrected chi connectivity index (χ3v) is 5.24. The second-order valence-electron chi connectivity index (χ2n) is 8.77. The molecule has 3 atom stereocenters. The van der Waals surface area contributed by atoms with Crippen molar-refractivity contribution in [3.8, 4) is 0 Å². The van der Waals surface area contributed by atoms with E-state index in [1.807, 2.05) is 24.3 Å². The minimum atomic E-state index is -1.07. The number of benzene rings is 1. The molecule has 3 rings (SSSR count). The van der Waals surface area contributed by atoms with Gasteiger partial charge in [-0.15, -0.1) is 0 Å². The Balaban J connectivity index is 1.71. The highest BCUT2D eigenvalue weighted by Crippen LogP contribution is 2.51. The Morgan fingerprint density at radius 2 is 1.93 bits per heavy atom. The minimum Gasteiger partial charge on any atom is -0.444 e. The molecule has 0 aromatic heterocycles. The Morgan fingerprint density at radius 3 is 2.44 bits per heavy atom. The van der Waals surface area contributed by atoms with Gasteiger partial charge in [0.2, 0.25) is 5.91 Å². The molecule has 6 nitrogen and oxygen atoms in total. The molecule has 1 aromatic carbocycles. The van der Waals surface area contributed by atoms with E-state index >= 15 is 0 Å². The average Bonchev–Trinajstić information content (AvgIpc) is 3.29. The quantitative estimate of drug-likeness (QED) is 0.851. The first-order valence-electron chi connectivity index (χ1n) is 9.55. The molecule has 0 saturated heterocycles. The molecule has 146 valence electrons. The Kier molecular flexibility index (Phi) is 5.02. The Morgan fingerprint density at radius 1 is 1.26 bits per heavy atom. The van der Waals surface area contributed by atoms with Crippen molar-refractivity contribution in [2.75, 3.05) is 6.54 Å². The van der Waals surface area contributed by atoms with Crippen LogP contribution in [0.5, 0.6) is 0 Å². The van der Waals surface area contributed by atoms with Crippen LogP contribution in [-0.4, -0.2) is 35.4 Å². The van der Waals surface area contributed by atoms with Gasteiger partial charge in [0.1, 0.15) is 11.1 Å². The van der Waals surface area contributed by atoms with Crippen LogP contribution in [0.4, 0.5) is 4.79 Å². The predicted octanol–water partition coefficient (Wildman–Crippen LogP) is 3.14. The van der Waals surface area contributed by atoms with Crippen molar-refractivity contribution >= 4 is 17.7 Å². The smallest absolute Gasteiger partial charge is 0.408 e. The molecule has 1 fully saturated rings. The number of hydrogen-bond acceptors (Lipinski definition) is 4. The van der Waals surface area contributed by atoms with E-state index in [-0.39, 0.29) is 5.92 Å². The van der Waals surface area contributed by atoms with Crippen LogP contribution in [0.1, 0.15) is 64.0 Å². The summed E-state index contributed by atoms with van der Waals surface area (Å²) >= 11 is 0. The van der Waals surface area contributed by atoms with E-state index in [0.717, 1.165) is 36.2 Å². The van der Waals surface area contributed by atoms with E-state index in [2.05, 4.69) is 17.2 Å². The van der Waals surface area contributed by atoms with Gasteiger partial charge in [-0.25, -0.2) is 4.79 Å². The van der Waals surface area contributed by atoms with E-state index in [1.54, 1.807) is 20.8 Å². The first kappa shape index (κ1) is 19.4. The van der Waals surface area contributed by atoms with E-state index in [4.69, 9.17) is 10.5 Å². The normalized spacial score (nSPS) is 27.5. The lowest BCUT2D eigenvalue weighted by molar-refractivity contribution is -0.121. The maximum Gasteiger partial charge on any atom is 0.408 e. The Labute approximate surface area is 160 Å². The van der Waals surface area contributed by atoms with Crippen LogP contribution >= 0.6 is 0 Å². The number of hydrogen-bond donors (Lipinski definition) is 2. The Bertz CT molecular complexity index is 764. The number of nitrogens with zero attached hydrogens (tertiary/aromatic N) is 1. The van der Waals surface area contributed by atoms with Crippen molar-refractivity contribution in [3.05, 3.63) is 35.4 Å². The van der Waals surface area contributed by atoms with Gasteiger partial charge in [-0.1, -0.05) is 31.2 Å². The van der Waals surface area contributed by atoms with Gasteiger partial charge in [0.05, 0.1) is 0 Å². The number of alkyl carbamates (subject to hydrolysis) is 1. The van der Waals surface area contributed by atoms with Gasteiger partial charge in [0.15, 0.2) is 0 Å². The lowest BCUT2D eigenvalue weighted by Gasteiger charge is -2.23.